The lowest BCUT2D eigenvalue weighted by Gasteiger charge is -2.24. The van der Waals surface area contributed by atoms with Gasteiger partial charge in [0.25, 0.3) is 15.9 Å². The van der Waals surface area contributed by atoms with Crippen molar-refractivity contribution in [3.8, 4) is 0 Å². The smallest absolute Gasteiger partial charge is 0.436 e. The van der Waals surface area contributed by atoms with Gasteiger partial charge in [-0.05, 0) is 12.1 Å². The summed E-state index contributed by atoms with van der Waals surface area (Å²) in [5, 5.41) is 1.49. The molecule has 13 heteroatoms. The standard InChI is InChI=1S/C13H12F3N3O6S/c14-13(15,16)9-7-24-12(17-9)18-11(20)8-1-2-10(25-8)26(21,22)19-3-5-23-6-4-19/h1-2,7H,3-6H2,(H,17,18,20). The number of rotatable bonds is 4. The number of amides is 1. The van der Waals surface area contributed by atoms with Crippen molar-refractivity contribution >= 4 is 21.9 Å². The molecule has 1 aliphatic heterocycles. The van der Waals surface area contributed by atoms with E-state index in [-0.39, 0.29) is 26.3 Å². The van der Waals surface area contributed by atoms with Crippen LogP contribution in [0.4, 0.5) is 19.2 Å². The Balaban J connectivity index is 1.73. The Kier molecular flexibility index (Phi) is 4.77. The lowest BCUT2D eigenvalue weighted by atomic mass is 10.4. The molecule has 1 amide bonds. The highest BCUT2D eigenvalue weighted by molar-refractivity contribution is 7.89. The number of anilines is 1. The van der Waals surface area contributed by atoms with E-state index in [0.29, 0.717) is 6.26 Å². The van der Waals surface area contributed by atoms with Gasteiger partial charge in [-0.15, -0.1) is 0 Å². The highest BCUT2D eigenvalue weighted by Gasteiger charge is 2.35. The van der Waals surface area contributed by atoms with Gasteiger partial charge in [0.1, 0.15) is 6.26 Å². The zero-order valence-electron chi connectivity index (χ0n) is 12.9. The summed E-state index contributed by atoms with van der Waals surface area (Å²) >= 11 is 0. The number of halogens is 3. The monoisotopic (exact) mass is 395 g/mol. The molecule has 1 saturated heterocycles. The van der Waals surface area contributed by atoms with Gasteiger partial charge >= 0.3 is 12.2 Å². The second-order valence-corrected chi connectivity index (χ2v) is 6.99. The summed E-state index contributed by atoms with van der Waals surface area (Å²) in [5.74, 6) is -1.44. The van der Waals surface area contributed by atoms with Gasteiger partial charge in [0.15, 0.2) is 11.5 Å². The molecule has 2 aromatic rings. The number of sulfonamides is 1. The first kappa shape index (κ1) is 18.4. The average Bonchev–Trinajstić information content (AvgIpc) is 3.25. The van der Waals surface area contributed by atoms with E-state index >= 15 is 0 Å². The predicted molar refractivity (Wildman–Crippen MR) is 77.7 cm³/mol. The van der Waals surface area contributed by atoms with E-state index in [1.807, 2.05) is 5.32 Å². The molecule has 0 spiro atoms. The normalized spacial score (nSPS) is 16.6. The van der Waals surface area contributed by atoms with Crippen LogP contribution in [0.3, 0.4) is 0 Å². The Morgan fingerprint density at radius 1 is 1.23 bits per heavy atom. The fourth-order valence-electron chi connectivity index (χ4n) is 2.12. The first-order chi connectivity index (χ1) is 12.2. The Labute approximate surface area is 144 Å². The van der Waals surface area contributed by atoms with Crippen LogP contribution in [-0.2, 0) is 20.9 Å². The van der Waals surface area contributed by atoms with Crippen molar-refractivity contribution in [2.45, 2.75) is 11.3 Å². The number of carbonyl (C=O) groups excluding carboxylic acids is 1. The van der Waals surface area contributed by atoms with Crippen LogP contribution >= 0.6 is 0 Å². The van der Waals surface area contributed by atoms with E-state index < -0.39 is 44.7 Å². The summed E-state index contributed by atoms with van der Waals surface area (Å²) in [5.41, 5.74) is -1.32. The van der Waals surface area contributed by atoms with Crippen molar-refractivity contribution in [3.63, 3.8) is 0 Å². The van der Waals surface area contributed by atoms with Crippen molar-refractivity contribution < 1.29 is 40.0 Å². The minimum atomic E-state index is -4.73. The molecule has 0 aliphatic carbocycles. The molecule has 3 rings (SSSR count). The van der Waals surface area contributed by atoms with Crippen LogP contribution in [0.2, 0.25) is 0 Å². The number of nitrogens with zero attached hydrogens (tertiary/aromatic N) is 2. The number of hydrogen-bond acceptors (Lipinski definition) is 7. The maximum atomic E-state index is 12.4. The quantitative estimate of drug-likeness (QED) is 0.835. The molecule has 142 valence electrons. The molecule has 0 unspecified atom stereocenters. The Morgan fingerprint density at radius 2 is 1.92 bits per heavy atom. The zero-order chi connectivity index (χ0) is 18.9. The van der Waals surface area contributed by atoms with Crippen LogP contribution in [0.15, 0.2) is 32.3 Å². The molecular weight excluding hydrogens is 383 g/mol. The molecule has 0 atom stereocenters. The highest BCUT2D eigenvalue weighted by Crippen LogP contribution is 2.29. The molecule has 3 heterocycles. The molecule has 0 aromatic carbocycles. The Morgan fingerprint density at radius 3 is 2.54 bits per heavy atom. The van der Waals surface area contributed by atoms with Gasteiger partial charge in [0.2, 0.25) is 5.09 Å². The van der Waals surface area contributed by atoms with Gasteiger partial charge in [-0.3, -0.25) is 10.1 Å². The van der Waals surface area contributed by atoms with E-state index in [1.165, 1.54) is 0 Å². The number of ether oxygens (including phenoxy) is 1. The number of oxazole rings is 1. The SMILES string of the molecule is O=C(Nc1nc(C(F)(F)F)co1)c1ccc(S(=O)(=O)N2CCOCC2)o1. The fourth-order valence-corrected chi connectivity index (χ4v) is 3.43. The van der Waals surface area contributed by atoms with Crippen LogP contribution in [0.25, 0.3) is 0 Å². The summed E-state index contributed by atoms with van der Waals surface area (Å²) < 4.78 is 77.8. The van der Waals surface area contributed by atoms with Gasteiger partial charge in [-0.2, -0.15) is 22.5 Å². The Hall–Kier alpha value is -2.38. The molecule has 1 fully saturated rings. The number of furan rings is 1. The van der Waals surface area contributed by atoms with Gasteiger partial charge in [0, 0.05) is 13.1 Å². The van der Waals surface area contributed by atoms with Crippen LogP contribution in [0.1, 0.15) is 16.2 Å². The second-order valence-electron chi connectivity index (χ2n) is 5.12. The minimum Gasteiger partial charge on any atom is -0.438 e. The van der Waals surface area contributed by atoms with Crippen molar-refractivity contribution in [3.05, 3.63) is 29.9 Å². The number of aromatic nitrogens is 1. The first-order valence-corrected chi connectivity index (χ1v) is 8.64. The number of alkyl halides is 3. The van der Waals surface area contributed by atoms with E-state index in [4.69, 9.17) is 9.15 Å². The van der Waals surface area contributed by atoms with Gasteiger partial charge < -0.3 is 13.6 Å². The van der Waals surface area contributed by atoms with E-state index in [9.17, 15) is 26.4 Å². The molecule has 0 bridgehead atoms. The number of nitrogens with one attached hydrogen (secondary N) is 1. The third kappa shape index (κ3) is 3.73. The zero-order valence-corrected chi connectivity index (χ0v) is 13.8. The molecule has 1 aliphatic rings. The molecular formula is C13H12F3N3O6S. The maximum Gasteiger partial charge on any atom is 0.436 e. The van der Waals surface area contributed by atoms with Crippen molar-refractivity contribution in [1.82, 2.24) is 9.29 Å². The highest BCUT2D eigenvalue weighted by atomic mass is 32.2. The van der Waals surface area contributed by atoms with Crippen molar-refractivity contribution in [1.29, 1.82) is 0 Å². The lowest BCUT2D eigenvalue weighted by Crippen LogP contribution is -2.40. The number of hydrogen-bond donors (Lipinski definition) is 1. The number of morpholine rings is 1. The minimum absolute atomic E-state index is 0.140. The van der Waals surface area contributed by atoms with Crippen LogP contribution < -0.4 is 5.32 Å². The largest absolute Gasteiger partial charge is 0.438 e. The Bertz CT molecular complexity index is 898. The van der Waals surface area contributed by atoms with Gasteiger partial charge in [-0.1, -0.05) is 0 Å². The molecule has 26 heavy (non-hydrogen) atoms. The summed E-state index contributed by atoms with van der Waals surface area (Å²) in [4.78, 5) is 15.0. The molecule has 2 aromatic heterocycles. The molecule has 0 radical (unpaired) electrons. The van der Waals surface area contributed by atoms with Crippen LogP contribution in [0, 0.1) is 0 Å². The lowest BCUT2D eigenvalue weighted by molar-refractivity contribution is -0.141. The summed E-state index contributed by atoms with van der Waals surface area (Å²) in [6.45, 7) is 0.750. The van der Waals surface area contributed by atoms with Crippen molar-refractivity contribution in [2.24, 2.45) is 0 Å². The second kappa shape index (κ2) is 6.74. The van der Waals surface area contributed by atoms with E-state index in [0.717, 1.165) is 16.4 Å². The van der Waals surface area contributed by atoms with Crippen LogP contribution in [-0.4, -0.2) is 49.9 Å². The molecule has 9 nitrogen and oxygen atoms in total. The van der Waals surface area contributed by atoms with Crippen LogP contribution in [0.5, 0.6) is 0 Å². The molecule has 1 N–H and O–H groups in total. The van der Waals surface area contributed by atoms with Crippen molar-refractivity contribution in [2.75, 3.05) is 31.6 Å². The van der Waals surface area contributed by atoms with Gasteiger partial charge in [0.05, 0.1) is 13.2 Å². The molecule has 0 saturated carbocycles. The third-order valence-electron chi connectivity index (χ3n) is 3.38. The predicted octanol–water partition coefficient (Wildman–Crippen LogP) is 1.56. The average molecular weight is 395 g/mol. The van der Waals surface area contributed by atoms with Gasteiger partial charge in [-0.25, -0.2) is 8.42 Å². The fraction of sp³-hybridized carbons (Fsp3) is 0.385. The summed E-state index contributed by atoms with van der Waals surface area (Å²) in [6, 6.07) is 1.46. The summed E-state index contributed by atoms with van der Waals surface area (Å²) in [7, 11) is -3.94. The maximum absolute atomic E-state index is 12.4. The topological polar surface area (TPSA) is 115 Å². The number of carbonyl (C=O) groups is 1. The van der Waals surface area contributed by atoms with E-state index in [2.05, 4.69) is 9.40 Å². The third-order valence-corrected chi connectivity index (χ3v) is 5.16. The van der Waals surface area contributed by atoms with E-state index in [1.54, 1.807) is 0 Å². The summed E-state index contributed by atoms with van der Waals surface area (Å²) in [6.07, 6.45) is -4.39. The first-order valence-electron chi connectivity index (χ1n) is 7.20.